The lowest BCUT2D eigenvalue weighted by Gasteiger charge is -2.30. The van der Waals surface area contributed by atoms with Gasteiger partial charge >= 0.3 is 12.0 Å². The maximum Gasteiger partial charge on any atom is 0.319 e. The molecule has 5 heteroatoms. The van der Waals surface area contributed by atoms with Crippen LogP contribution in [0.5, 0.6) is 0 Å². The summed E-state index contributed by atoms with van der Waals surface area (Å²) in [4.78, 5) is 22.7. The standard InChI is InChI=1S/C10H16N2O3/c1-5(2)15-9(13)8-6(3)11-10(14)12-7(8)4/h5,7-8H,3H2,1-2,4H3,(H2,11,12,14). The minimum Gasteiger partial charge on any atom is -0.462 e. The normalized spacial score (nSPS) is 25.9. The minimum atomic E-state index is -0.523. The van der Waals surface area contributed by atoms with E-state index in [9.17, 15) is 9.59 Å². The summed E-state index contributed by atoms with van der Waals surface area (Å²) in [6, 6.07) is -0.626. The zero-order valence-corrected chi connectivity index (χ0v) is 9.16. The van der Waals surface area contributed by atoms with E-state index in [1.807, 2.05) is 0 Å². The van der Waals surface area contributed by atoms with Crippen LogP contribution in [0.25, 0.3) is 0 Å². The molecular formula is C10H16N2O3. The highest BCUT2D eigenvalue weighted by atomic mass is 16.5. The third-order valence-corrected chi connectivity index (χ3v) is 2.11. The van der Waals surface area contributed by atoms with Crippen molar-refractivity contribution in [2.75, 3.05) is 0 Å². The molecule has 0 radical (unpaired) electrons. The van der Waals surface area contributed by atoms with E-state index in [1.54, 1.807) is 20.8 Å². The third kappa shape index (κ3) is 2.71. The summed E-state index contributed by atoms with van der Waals surface area (Å²) >= 11 is 0. The fraction of sp³-hybridized carbons (Fsp3) is 0.600. The lowest BCUT2D eigenvalue weighted by molar-refractivity contribution is -0.152. The van der Waals surface area contributed by atoms with Gasteiger partial charge in [0.15, 0.2) is 0 Å². The number of urea groups is 1. The molecule has 2 unspecified atom stereocenters. The average molecular weight is 212 g/mol. The molecule has 2 atom stereocenters. The Labute approximate surface area is 88.9 Å². The van der Waals surface area contributed by atoms with E-state index in [0.29, 0.717) is 5.70 Å². The minimum absolute atomic E-state index is 0.171. The number of nitrogens with one attached hydrogen (secondary N) is 2. The van der Waals surface area contributed by atoms with Crippen LogP contribution in [0.3, 0.4) is 0 Å². The number of hydrogen-bond acceptors (Lipinski definition) is 3. The predicted molar refractivity (Wildman–Crippen MR) is 55.0 cm³/mol. The molecule has 84 valence electrons. The number of ether oxygens (including phenoxy) is 1. The summed E-state index contributed by atoms with van der Waals surface area (Å²) in [6.45, 7) is 8.95. The lowest BCUT2D eigenvalue weighted by atomic mass is 9.96. The molecule has 1 rings (SSSR count). The highest BCUT2D eigenvalue weighted by Gasteiger charge is 2.35. The van der Waals surface area contributed by atoms with Crippen molar-refractivity contribution in [2.45, 2.75) is 32.9 Å². The largest absolute Gasteiger partial charge is 0.462 e. The zero-order valence-electron chi connectivity index (χ0n) is 9.16. The van der Waals surface area contributed by atoms with Crippen LogP contribution in [0.2, 0.25) is 0 Å². The Bertz CT molecular complexity index is 299. The Morgan fingerprint density at radius 1 is 1.53 bits per heavy atom. The molecule has 2 amide bonds. The van der Waals surface area contributed by atoms with Gasteiger partial charge < -0.3 is 15.4 Å². The first kappa shape index (κ1) is 11.6. The molecule has 1 heterocycles. The van der Waals surface area contributed by atoms with Crippen molar-refractivity contribution < 1.29 is 14.3 Å². The Morgan fingerprint density at radius 2 is 2.13 bits per heavy atom. The molecule has 1 fully saturated rings. The fourth-order valence-electron chi connectivity index (χ4n) is 1.50. The summed E-state index contributed by atoms with van der Waals surface area (Å²) in [5.74, 6) is -0.889. The summed E-state index contributed by atoms with van der Waals surface area (Å²) in [5, 5.41) is 5.07. The third-order valence-electron chi connectivity index (χ3n) is 2.11. The highest BCUT2D eigenvalue weighted by molar-refractivity contribution is 5.84. The van der Waals surface area contributed by atoms with Crippen molar-refractivity contribution in [2.24, 2.45) is 5.92 Å². The van der Waals surface area contributed by atoms with Crippen LogP contribution in [-0.2, 0) is 9.53 Å². The van der Waals surface area contributed by atoms with Crippen LogP contribution >= 0.6 is 0 Å². The number of esters is 1. The Balaban J connectivity index is 2.71. The van der Waals surface area contributed by atoms with Crippen LogP contribution in [0.15, 0.2) is 12.3 Å². The molecule has 1 aliphatic rings. The van der Waals surface area contributed by atoms with E-state index in [-0.39, 0.29) is 24.1 Å². The highest BCUT2D eigenvalue weighted by Crippen LogP contribution is 2.18. The number of carbonyl (C=O) groups excluding carboxylic acids is 2. The van der Waals surface area contributed by atoms with E-state index < -0.39 is 5.92 Å². The van der Waals surface area contributed by atoms with Gasteiger partial charge in [0, 0.05) is 11.7 Å². The number of rotatable bonds is 2. The van der Waals surface area contributed by atoms with Crippen molar-refractivity contribution in [1.29, 1.82) is 0 Å². The summed E-state index contributed by atoms with van der Waals surface area (Å²) < 4.78 is 5.07. The molecular weight excluding hydrogens is 196 g/mol. The zero-order chi connectivity index (χ0) is 11.6. The monoisotopic (exact) mass is 212 g/mol. The van der Waals surface area contributed by atoms with E-state index >= 15 is 0 Å². The molecule has 0 aromatic heterocycles. The SMILES string of the molecule is C=C1NC(=O)NC(C)C1C(=O)OC(C)C. The van der Waals surface area contributed by atoms with E-state index in [2.05, 4.69) is 17.2 Å². The second kappa shape index (κ2) is 4.33. The number of amides is 2. The molecule has 0 aromatic rings. The number of carbonyl (C=O) groups is 2. The van der Waals surface area contributed by atoms with Gasteiger partial charge in [-0.3, -0.25) is 4.79 Å². The van der Waals surface area contributed by atoms with Crippen molar-refractivity contribution in [1.82, 2.24) is 10.6 Å². The Hall–Kier alpha value is -1.52. The second-order valence-electron chi connectivity index (χ2n) is 3.88. The van der Waals surface area contributed by atoms with Gasteiger partial charge in [0.2, 0.25) is 0 Å². The summed E-state index contributed by atoms with van der Waals surface area (Å²) in [5.41, 5.74) is 0.386. The second-order valence-corrected chi connectivity index (χ2v) is 3.88. The maximum absolute atomic E-state index is 11.7. The summed E-state index contributed by atoms with van der Waals surface area (Å²) in [6.07, 6.45) is -0.171. The predicted octanol–water partition coefficient (Wildman–Crippen LogP) is 0.769. The Kier molecular flexibility index (Phi) is 3.34. The van der Waals surface area contributed by atoms with Gasteiger partial charge in [-0.15, -0.1) is 0 Å². The van der Waals surface area contributed by atoms with Gasteiger partial charge in [-0.2, -0.15) is 0 Å². The number of hydrogen-bond donors (Lipinski definition) is 2. The molecule has 0 saturated carbocycles. The first-order valence-corrected chi connectivity index (χ1v) is 4.88. The van der Waals surface area contributed by atoms with Crippen LogP contribution in [-0.4, -0.2) is 24.1 Å². The molecule has 0 spiro atoms. The Morgan fingerprint density at radius 3 is 2.60 bits per heavy atom. The van der Waals surface area contributed by atoms with Gasteiger partial charge in [-0.05, 0) is 20.8 Å². The molecule has 0 aromatic carbocycles. The van der Waals surface area contributed by atoms with Gasteiger partial charge in [-0.1, -0.05) is 6.58 Å². The topological polar surface area (TPSA) is 67.4 Å². The molecule has 15 heavy (non-hydrogen) atoms. The van der Waals surface area contributed by atoms with Crippen molar-refractivity contribution >= 4 is 12.0 Å². The molecule has 5 nitrogen and oxygen atoms in total. The first-order valence-electron chi connectivity index (χ1n) is 4.88. The van der Waals surface area contributed by atoms with Crippen LogP contribution in [0.4, 0.5) is 4.79 Å². The molecule has 0 bridgehead atoms. The van der Waals surface area contributed by atoms with Crippen molar-refractivity contribution in [3.05, 3.63) is 12.3 Å². The van der Waals surface area contributed by atoms with Gasteiger partial charge in [-0.25, -0.2) is 4.79 Å². The van der Waals surface area contributed by atoms with Gasteiger partial charge in [0.1, 0.15) is 5.92 Å². The van der Waals surface area contributed by atoms with Crippen LogP contribution in [0.1, 0.15) is 20.8 Å². The smallest absolute Gasteiger partial charge is 0.319 e. The van der Waals surface area contributed by atoms with E-state index in [1.165, 1.54) is 0 Å². The van der Waals surface area contributed by atoms with Gasteiger partial charge in [0.05, 0.1) is 6.10 Å². The quantitative estimate of drug-likeness (QED) is 0.664. The van der Waals surface area contributed by atoms with Crippen LogP contribution in [0, 0.1) is 5.92 Å². The summed E-state index contributed by atoms with van der Waals surface area (Å²) in [7, 11) is 0. The molecule has 1 saturated heterocycles. The van der Waals surface area contributed by atoms with Crippen LogP contribution < -0.4 is 10.6 Å². The van der Waals surface area contributed by atoms with E-state index in [0.717, 1.165) is 0 Å². The molecule has 0 aliphatic carbocycles. The van der Waals surface area contributed by atoms with Gasteiger partial charge in [0.25, 0.3) is 0 Å². The average Bonchev–Trinajstić information content (AvgIpc) is 1.99. The fourth-order valence-corrected chi connectivity index (χ4v) is 1.50. The van der Waals surface area contributed by atoms with Crippen molar-refractivity contribution in [3.8, 4) is 0 Å². The first-order chi connectivity index (χ1) is 6.91. The van der Waals surface area contributed by atoms with Crippen molar-refractivity contribution in [3.63, 3.8) is 0 Å². The maximum atomic E-state index is 11.7. The van der Waals surface area contributed by atoms with E-state index in [4.69, 9.17) is 4.74 Å². The molecule has 2 N–H and O–H groups in total. The molecule has 1 aliphatic heterocycles. The lowest BCUT2D eigenvalue weighted by Crippen LogP contribution is -2.54.